The third-order valence-electron chi connectivity index (χ3n) is 3.65. The molecule has 2 aromatic rings. The lowest BCUT2D eigenvalue weighted by atomic mass is 10.2. The SMILES string of the molecule is O=C(N[C@H]1CC(=O)N(c2ccccc2)C1)c1ccccc1Br. The maximum Gasteiger partial charge on any atom is 0.252 e. The summed E-state index contributed by atoms with van der Waals surface area (Å²) in [5, 5.41) is 2.93. The van der Waals surface area contributed by atoms with E-state index in [1.165, 1.54) is 0 Å². The molecule has 1 heterocycles. The molecular formula is C17H15BrN2O2. The third-order valence-corrected chi connectivity index (χ3v) is 4.34. The van der Waals surface area contributed by atoms with Crippen LogP contribution in [0.5, 0.6) is 0 Å². The van der Waals surface area contributed by atoms with Gasteiger partial charge in [0.15, 0.2) is 0 Å². The summed E-state index contributed by atoms with van der Waals surface area (Å²) in [6, 6.07) is 16.6. The van der Waals surface area contributed by atoms with Gasteiger partial charge < -0.3 is 10.2 Å². The first-order valence-corrected chi connectivity index (χ1v) is 7.85. The van der Waals surface area contributed by atoms with Gasteiger partial charge in [0.2, 0.25) is 5.91 Å². The van der Waals surface area contributed by atoms with Crippen molar-refractivity contribution in [2.75, 3.05) is 11.4 Å². The molecule has 1 fully saturated rings. The first kappa shape index (κ1) is 14.8. The quantitative estimate of drug-likeness (QED) is 0.916. The van der Waals surface area contributed by atoms with E-state index in [2.05, 4.69) is 21.2 Å². The van der Waals surface area contributed by atoms with Gasteiger partial charge in [0.25, 0.3) is 5.91 Å². The van der Waals surface area contributed by atoms with Crippen molar-refractivity contribution in [1.82, 2.24) is 5.32 Å². The van der Waals surface area contributed by atoms with E-state index < -0.39 is 0 Å². The van der Waals surface area contributed by atoms with E-state index >= 15 is 0 Å². The predicted octanol–water partition coefficient (Wildman–Crippen LogP) is 2.98. The van der Waals surface area contributed by atoms with Crippen LogP contribution in [0.15, 0.2) is 59.1 Å². The highest BCUT2D eigenvalue weighted by Gasteiger charge is 2.31. The molecule has 0 aliphatic carbocycles. The van der Waals surface area contributed by atoms with E-state index in [-0.39, 0.29) is 17.9 Å². The summed E-state index contributed by atoms with van der Waals surface area (Å²) in [6.45, 7) is 0.499. The number of hydrogen-bond acceptors (Lipinski definition) is 2. The molecular weight excluding hydrogens is 344 g/mol. The average molecular weight is 359 g/mol. The Morgan fingerprint density at radius 1 is 1.09 bits per heavy atom. The largest absolute Gasteiger partial charge is 0.347 e. The zero-order valence-corrected chi connectivity index (χ0v) is 13.4. The van der Waals surface area contributed by atoms with Gasteiger partial charge in [0.1, 0.15) is 0 Å². The zero-order chi connectivity index (χ0) is 15.5. The number of nitrogens with zero attached hydrogens (tertiary/aromatic N) is 1. The van der Waals surface area contributed by atoms with E-state index in [0.717, 1.165) is 10.2 Å². The van der Waals surface area contributed by atoms with Crippen LogP contribution in [-0.4, -0.2) is 24.4 Å². The molecule has 0 saturated carbocycles. The number of benzene rings is 2. The minimum atomic E-state index is -0.174. The van der Waals surface area contributed by atoms with Crippen molar-refractivity contribution in [2.24, 2.45) is 0 Å². The molecule has 112 valence electrons. The number of anilines is 1. The van der Waals surface area contributed by atoms with Crippen LogP contribution < -0.4 is 10.2 Å². The molecule has 0 unspecified atom stereocenters. The van der Waals surface area contributed by atoms with Gasteiger partial charge in [0.05, 0.1) is 11.6 Å². The number of hydrogen-bond donors (Lipinski definition) is 1. The second-order valence-corrected chi connectivity index (χ2v) is 6.05. The van der Waals surface area contributed by atoms with E-state index in [1.807, 2.05) is 48.5 Å². The minimum absolute atomic E-state index is 0.0311. The summed E-state index contributed by atoms with van der Waals surface area (Å²) in [5.41, 5.74) is 1.44. The maximum atomic E-state index is 12.3. The van der Waals surface area contributed by atoms with Crippen molar-refractivity contribution in [3.63, 3.8) is 0 Å². The second kappa shape index (κ2) is 6.32. The molecule has 0 spiro atoms. The summed E-state index contributed by atoms with van der Waals surface area (Å²) < 4.78 is 0.747. The molecule has 2 aromatic carbocycles. The molecule has 22 heavy (non-hydrogen) atoms. The summed E-state index contributed by atoms with van der Waals surface area (Å²) >= 11 is 3.37. The first-order valence-electron chi connectivity index (χ1n) is 7.06. The summed E-state index contributed by atoms with van der Waals surface area (Å²) in [4.78, 5) is 26.1. The molecule has 3 rings (SSSR count). The van der Waals surface area contributed by atoms with Gasteiger partial charge in [-0.2, -0.15) is 0 Å². The van der Waals surface area contributed by atoms with Crippen molar-refractivity contribution >= 4 is 33.4 Å². The maximum absolute atomic E-state index is 12.3. The van der Waals surface area contributed by atoms with Crippen LogP contribution in [-0.2, 0) is 4.79 Å². The Labute approximate surface area is 137 Å². The van der Waals surface area contributed by atoms with Crippen LogP contribution in [0.3, 0.4) is 0 Å². The minimum Gasteiger partial charge on any atom is -0.347 e. The summed E-state index contributed by atoms with van der Waals surface area (Å²) in [6.07, 6.45) is 0.324. The van der Waals surface area contributed by atoms with E-state index in [1.54, 1.807) is 11.0 Å². The highest BCUT2D eigenvalue weighted by molar-refractivity contribution is 9.10. The Hall–Kier alpha value is -2.14. The van der Waals surface area contributed by atoms with Gasteiger partial charge in [-0.25, -0.2) is 0 Å². The normalized spacial score (nSPS) is 17.6. The summed E-state index contributed by atoms with van der Waals surface area (Å²) in [7, 11) is 0. The molecule has 0 aromatic heterocycles. The Morgan fingerprint density at radius 2 is 1.77 bits per heavy atom. The fourth-order valence-corrected chi connectivity index (χ4v) is 3.04. The Morgan fingerprint density at radius 3 is 2.50 bits per heavy atom. The lowest BCUT2D eigenvalue weighted by Crippen LogP contribution is -2.37. The van der Waals surface area contributed by atoms with Gasteiger partial charge in [-0.05, 0) is 40.2 Å². The number of amides is 2. The topological polar surface area (TPSA) is 49.4 Å². The van der Waals surface area contributed by atoms with Crippen LogP contribution in [0.25, 0.3) is 0 Å². The van der Waals surface area contributed by atoms with Crippen molar-refractivity contribution in [3.8, 4) is 0 Å². The first-order chi connectivity index (χ1) is 10.6. The van der Waals surface area contributed by atoms with Crippen molar-refractivity contribution in [2.45, 2.75) is 12.5 Å². The van der Waals surface area contributed by atoms with Crippen LogP contribution in [0, 0.1) is 0 Å². The van der Waals surface area contributed by atoms with E-state index in [4.69, 9.17) is 0 Å². The van der Waals surface area contributed by atoms with Gasteiger partial charge in [0, 0.05) is 23.1 Å². The zero-order valence-electron chi connectivity index (χ0n) is 11.8. The molecule has 1 saturated heterocycles. The molecule has 0 bridgehead atoms. The lowest BCUT2D eigenvalue weighted by Gasteiger charge is -2.17. The predicted molar refractivity (Wildman–Crippen MR) is 88.8 cm³/mol. The molecule has 1 N–H and O–H groups in total. The number of carbonyl (C=O) groups is 2. The molecule has 0 radical (unpaired) electrons. The highest BCUT2D eigenvalue weighted by Crippen LogP contribution is 2.22. The molecule has 1 atom stereocenters. The molecule has 1 aliphatic rings. The fourth-order valence-electron chi connectivity index (χ4n) is 2.57. The highest BCUT2D eigenvalue weighted by atomic mass is 79.9. The Kier molecular flexibility index (Phi) is 4.24. The van der Waals surface area contributed by atoms with Gasteiger partial charge >= 0.3 is 0 Å². The number of carbonyl (C=O) groups excluding carboxylic acids is 2. The number of rotatable bonds is 3. The van der Waals surface area contributed by atoms with Crippen molar-refractivity contribution in [3.05, 3.63) is 64.6 Å². The van der Waals surface area contributed by atoms with E-state index in [9.17, 15) is 9.59 Å². The summed E-state index contributed by atoms with van der Waals surface area (Å²) in [5.74, 6) is -0.135. The van der Waals surface area contributed by atoms with Crippen molar-refractivity contribution in [1.29, 1.82) is 0 Å². The lowest BCUT2D eigenvalue weighted by molar-refractivity contribution is -0.117. The molecule has 2 amide bonds. The standard InChI is InChI=1S/C17H15BrN2O2/c18-15-9-5-4-8-14(15)17(22)19-12-10-16(21)20(11-12)13-6-2-1-3-7-13/h1-9,12H,10-11H2,(H,19,22)/t12-/m0/s1. The van der Waals surface area contributed by atoms with Crippen LogP contribution >= 0.6 is 15.9 Å². The van der Waals surface area contributed by atoms with Gasteiger partial charge in [-0.1, -0.05) is 30.3 Å². The number of nitrogens with one attached hydrogen (secondary N) is 1. The smallest absolute Gasteiger partial charge is 0.252 e. The molecule has 1 aliphatic heterocycles. The molecule has 4 nitrogen and oxygen atoms in total. The van der Waals surface area contributed by atoms with E-state index in [0.29, 0.717) is 18.5 Å². The molecule has 5 heteroatoms. The number of halogens is 1. The second-order valence-electron chi connectivity index (χ2n) is 5.19. The van der Waals surface area contributed by atoms with Crippen molar-refractivity contribution < 1.29 is 9.59 Å². The fraction of sp³-hybridized carbons (Fsp3) is 0.176. The Bertz CT molecular complexity index is 703. The Balaban J connectivity index is 1.69. The average Bonchev–Trinajstić information content (AvgIpc) is 2.89. The van der Waals surface area contributed by atoms with Crippen LogP contribution in [0.4, 0.5) is 5.69 Å². The van der Waals surface area contributed by atoms with Gasteiger partial charge in [-0.15, -0.1) is 0 Å². The van der Waals surface area contributed by atoms with Crippen LogP contribution in [0.1, 0.15) is 16.8 Å². The van der Waals surface area contributed by atoms with Gasteiger partial charge in [-0.3, -0.25) is 9.59 Å². The third kappa shape index (κ3) is 3.04. The van der Waals surface area contributed by atoms with Crippen LogP contribution in [0.2, 0.25) is 0 Å². The monoisotopic (exact) mass is 358 g/mol. The number of para-hydroxylation sites is 1.